The molecule has 67 heavy (non-hydrogen) atoms. The quantitative estimate of drug-likeness (QED) is 0.0381. The van der Waals surface area contributed by atoms with Crippen molar-refractivity contribution in [3.05, 3.63) is 182 Å². The number of hydrogen-bond acceptors (Lipinski definition) is 2. The molecule has 0 radical (unpaired) electrons. The Morgan fingerprint density at radius 1 is 0.418 bits per heavy atom. The van der Waals surface area contributed by atoms with Gasteiger partial charge in [0.05, 0.1) is 5.56 Å². The molecule has 0 aliphatic heterocycles. The van der Waals surface area contributed by atoms with Crippen molar-refractivity contribution in [2.24, 2.45) is 0 Å². The van der Waals surface area contributed by atoms with Gasteiger partial charge in [-0.3, -0.25) is 0 Å². The van der Waals surface area contributed by atoms with Crippen LogP contribution in [0.2, 0.25) is 0 Å². The van der Waals surface area contributed by atoms with Crippen LogP contribution in [0.5, 0.6) is 0 Å². The molecule has 1 aliphatic carbocycles. The summed E-state index contributed by atoms with van der Waals surface area (Å²) in [5.41, 5.74) is -12.5. The van der Waals surface area contributed by atoms with E-state index < -0.39 is 144 Å². The standard InChI is InChI=1S/C24BF20.C19H22NO2/c26-5-1(6(27)14(35)21(42)13(5)34)25(2-7(28)15(36)22(43)16(37)8(2)29,3-9(30)17(38)23(44)18(39)10(3)31)4-11(32)19(40)24(45)20(41)12(4)33;21-19(22-18-9-5-2-6-10-18)17-11-13-20(14-12-17)15-16-7-3-1-4-8-16/h;1,3-4,7-8,11-14,18H,2,5-6,9-10,15H2/q-1;+1. The average Bonchev–Trinajstić information content (AvgIpc) is 3.32. The Hall–Kier alpha value is -6.62. The molecule has 0 atom stereocenters. The van der Waals surface area contributed by atoms with Gasteiger partial charge in [-0.2, -0.15) is 0 Å². The van der Waals surface area contributed by atoms with Crippen LogP contribution < -0.4 is 26.4 Å². The number of aromatic nitrogens is 1. The third kappa shape index (κ3) is 8.53. The van der Waals surface area contributed by atoms with Gasteiger partial charge < -0.3 is 4.74 Å². The fourth-order valence-corrected chi connectivity index (χ4v) is 7.77. The van der Waals surface area contributed by atoms with Crippen LogP contribution >= 0.6 is 0 Å². The van der Waals surface area contributed by atoms with Gasteiger partial charge in [0.1, 0.15) is 58.8 Å². The van der Waals surface area contributed by atoms with Crippen LogP contribution in [0, 0.1) is 116 Å². The molecule has 0 bridgehead atoms. The number of carbonyl (C=O) groups is 1. The molecule has 0 N–H and O–H groups in total. The number of esters is 1. The minimum atomic E-state index is -7.22. The Kier molecular flexibility index (Phi) is 14.4. The van der Waals surface area contributed by atoms with E-state index in [-0.39, 0.29) is 12.1 Å². The van der Waals surface area contributed by atoms with Crippen LogP contribution in [-0.2, 0) is 11.3 Å². The summed E-state index contributed by atoms with van der Waals surface area (Å²) in [5, 5.41) is 0. The molecule has 3 nitrogen and oxygen atoms in total. The summed E-state index contributed by atoms with van der Waals surface area (Å²) in [7, 11) is 0. The molecule has 6 aromatic rings. The van der Waals surface area contributed by atoms with Crippen LogP contribution in [-0.4, -0.2) is 18.2 Å². The van der Waals surface area contributed by atoms with Crippen molar-refractivity contribution in [1.29, 1.82) is 0 Å². The first-order valence-corrected chi connectivity index (χ1v) is 19.0. The van der Waals surface area contributed by atoms with Crippen molar-refractivity contribution in [3.8, 4) is 0 Å². The number of hydrogen-bond donors (Lipinski definition) is 0. The van der Waals surface area contributed by atoms with Gasteiger partial charge in [-0.1, -0.05) is 36.8 Å². The lowest BCUT2D eigenvalue weighted by atomic mass is 9.12. The van der Waals surface area contributed by atoms with Gasteiger partial charge in [-0.15, -0.1) is 21.9 Å². The Balaban J connectivity index is 0.000000279. The van der Waals surface area contributed by atoms with Gasteiger partial charge in [-0.05, 0) is 25.7 Å². The second kappa shape index (κ2) is 19.3. The molecule has 7 rings (SSSR count). The smallest absolute Gasteiger partial charge is 0.338 e. The number of benzene rings is 5. The lowest BCUT2D eigenvalue weighted by molar-refractivity contribution is -0.688. The normalized spacial score (nSPS) is 13.1. The lowest BCUT2D eigenvalue weighted by Crippen LogP contribution is -2.81. The molecule has 1 heterocycles. The lowest BCUT2D eigenvalue weighted by Gasteiger charge is -2.44. The molecule has 0 unspecified atom stereocenters. The summed E-state index contributed by atoms with van der Waals surface area (Å²) < 4.78 is 302. The Labute approximate surface area is 362 Å². The summed E-state index contributed by atoms with van der Waals surface area (Å²) in [4.78, 5) is 12.2. The second-order valence-electron chi connectivity index (χ2n) is 14.7. The molecule has 24 heteroatoms. The number of pyridine rings is 1. The molecule has 1 aliphatic rings. The predicted molar refractivity (Wildman–Crippen MR) is 194 cm³/mol. The van der Waals surface area contributed by atoms with Crippen LogP contribution in [0.15, 0.2) is 54.9 Å². The topological polar surface area (TPSA) is 30.2 Å². The zero-order chi connectivity index (χ0) is 49.6. The van der Waals surface area contributed by atoms with Crippen LogP contribution in [0.3, 0.4) is 0 Å². The van der Waals surface area contributed by atoms with E-state index in [1.165, 1.54) is 24.8 Å². The summed E-state index contributed by atoms with van der Waals surface area (Å²) in [6, 6.07) is 14.0. The molecule has 0 amide bonds. The molecular weight excluding hydrogens is 953 g/mol. The van der Waals surface area contributed by atoms with Crippen LogP contribution in [0.4, 0.5) is 87.8 Å². The zero-order valence-corrected chi connectivity index (χ0v) is 32.9. The Bertz CT molecular complexity index is 2530. The fourth-order valence-electron chi connectivity index (χ4n) is 7.77. The second-order valence-corrected chi connectivity index (χ2v) is 14.7. The molecular formula is C43H22BF20NO2. The Morgan fingerprint density at radius 2 is 0.701 bits per heavy atom. The Morgan fingerprint density at radius 3 is 1.00 bits per heavy atom. The third-order valence-electron chi connectivity index (χ3n) is 10.9. The summed E-state index contributed by atoms with van der Waals surface area (Å²) >= 11 is 0. The van der Waals surface area contributed by atoms with Gasteiger partial charge in [0.15, 0.2) is 88.7 Å². The van der Waals surface area contributed by atoms with E-state index in [0.29, 0.717) is 5.56 Å². The maximum Gasteiger partial charge on any atom is 0.338 e. The van der Waals surface area contributed by atoms with Gasteiger partial charge in [-0.25, -0.2) is 97.2 Å². The first-order valence-electron chi connectivity index (χ1n) is 19.0. The van der Waals surface area contributed by atoms with E-state index in [0.717, 1.165) is 19.4 Å². The summed E-state index contributed by atoms with van der Waals surface area (Å²) in [6.45, 7) is 0.804. The van der Waals surface area contributed by atoms with Crippen molar-refractivity contribution in [2.45, 2.75) is 44.8 Å². The molecule has 354 valence electrons. The fraction of sp³-hybridized carbons (Fsp3) is 0.163. The molecule has 1 aromatic heterocycles. The highest BCUT2D eigenvalue weighted by atomic mass is 19.2. The predicted octanol–water partition coefficient (Wildman–Crippen LogP) is 9.36. The number of rotatable bonds is 8. The van der Waals surface area contributed by atoms with Gasteiger partial charge in [0.2, 0.25) is 0 Å². The summed E-state index contributed by atoms with van der Waals surface area (Å²) in [5.74, 6) is -71.6. The van der Waals surface area contributed by atoms with E-state index in [4.69, 9.17) is 4.74 Å². The maximum absolute atomic E-state index is 15.4. The summed E-state index contributed by atoms with van der Waals surface area (Å²) in [6.07, 6.45) is 2.38. The highest BCUT2D eigenvalue weighted by molar-refractivity contribution is 7.20. The highest BCUT2D eigenvalue weighted by Crippen LogP contribution is 2.31. The van der Waals surface area contributed by atoms with E-state index in [9.17, 15) is 57.5 Å². The maximum atomic E-state index is 15.4. The molecule has 0 spiro atoms. The van der Waals surface area contributed by atoms with E-state index in [2.05, 4.69) is 16.7 Å². The number of nitrogens with zero attached hydrogens (tertiary/aromatic N) is 1. The highest BCUT2D eigenvalue weighted by Gasteiger charge is 2.52. The molecule has 5 aromatic carbocycles. The van der Waals surface area contributed by atoms with E-state index >= 15 is 35.1 Å². The molecule has 0 saturated heterocycles. The zero-order valence-electron chi connectivity index (χ0n) is 32.9. The van der Waals surface area contributed by atoms with E-state index in [1.54, 1.807) is 0 Å². The van der Waals surface area contributed by atoms with Crippen molar-refractivity contribution in [3.63, 3.8) is 0 Å². The van der Waals surface area contributed by atoms with Crippen molar-refractivity contribution in [1.82, 2.24) is 0 Å². The van der Waals surface area contributed by atoms with Crippen LogP contribution in [0.1, 0.15) is 48.0 Å². The number of halogens is 20. The van der Waals surface area contributed by atoms with Gasteiger partial charge in [0, 0.05) is 17.7 Å². The SMILES string of the molecule is Fc1c(F)c(F)c([B-](c2c(F)c(F)c(F)c(F)c2F)(c2c(F)c(F)c(F)c(F)c2F)c2c(F)c(F)c(F)c(F)c2F)c(F)c1F.O=C(OC1CCCCC1)c1cc[n+](Cc2ccccc2)cc1. The van der Waals surface area contributed by atoms with Gasteiger partial charge in [0.25, 0.3) is 0 Å². The van der Waals surface area contributed by atoms with Crippen LogP contribution in [0.25, 0.3) is 0 Å². The van der Waals surface area contributed by atoms with Crippen molar-refractivity contribution < 1.29 is 102 Å². The monoisotopic (exact) mass is 975 g/mol. The number of carbonyl (C=O) groups excluding carboxylic acids is 1. The first-order chi connectivity index (χ1) is 31.5. The third-order valence-corrected chi connectivity index (χ3v) is 10.9. The number of ether oxygens (including phenoxy) is 1. The van der Waals surface area contributed by atoms with E-state index in [1.807, 2.05) is 42.7 Å². The minimum Gasteiger partial charge on any atom is -0.459 e. The van der Waals surface area contributed by atoms with Crippen molar-refractivity contribution in [2.75, 3.05) is 0 Å². The minimum absolute atomic E-state index is 0.109. The average molecular weight is 975 g/mol. The molecule has 1 saturated carbocycles. The van der Waals surface area contributed by atoms with Gasteiger partial charge >= 0.3 is 5.97 Å². The molecule has 1 fully saturated rings. The first kappa shape index (κ1) is 49.8. The van der Waals surface area contributed by atoms with Crippen molar-refractivity contribution >= 4 is 34.0 Å². The largest absolute Gasteiger partial charge is 0.459 e.